The summed E-state index contributed by atoms with van der Waals surface area (Å²) in [5.41, 5.74) is 4.50. The highest BCUT2D eigenvalue weighted by molar-refractivity contribution is 9.10. The number of nitrogens with zero attached hydrogens (tertiary/aromatic N) is 3. The second kappa shape index (κ2) is 7.90. The van der Waals surface area contributed by atoms with Gasteiger partial charge >= 0.3 is 6.03 Å². The summed E-state index contributed by atoms with van der Waals surface area (Å²) in [4.78, 5) is 19.2. The molecule has 0 spiro atoms. The third-order valence-corrected chi connectivity index (χ3v) is 5.88. The summed E-state index contributed by atoms with van der Waals surface area (Å²) in [5, 5.41) is 3.15. The molecular formula is C21H25BrN4O. The smallest absolute Gasteiger partial charge is 0.321 e. The van der Waals surface area contributed by atoms with Crippen LogP contribution < -0.4 is 10.2 Å². The lowest BCUT2D eigenvalue weighted by Gasteiger charge is -2.34. The average molecular weight is 429 g/mol. The van der Waals surface area contributed by atoms with E-state index in [4.69, 9.17) is 0 Å². The summed E-state index contributed by atoms with van der Waals surface area (Å²) in [7, 11) is 2.09. The quantitative estimate of drug-likeness (QED) is 0.773. The van der Waals surface area contributed by atoms with Gasteiger partial charge in [0.05, 0.1) is 11.4 Å². The summed E-state index contributed by atoms with van der Waals surface area (Å²) >= 11 is 3.58. The minimum Gasteiger partial charge on any atom is -0.340 e. The highest BCUT2D eigenvalue weighted by Gasteiger charge is 2.23. The van der Waals surface area contributed by atoms with Gasteiger partial charge in [-0.15, -0.1) is 0 Å². The van der Waals surface area contributed by atoms with Crippen molar-refractivity contribution in [2.45, 2.75) is 12.8 Å². The molecule has 0 atom stereocenters. The van der Waals surface area contributed by atoms with Crippen LogP contribution in [0.1, 0.15) is 12.0 Å². The van der Waals surface area contributed by atoms with Gasteiger partial charge in [0, 0.05) is 42.9 Å². The average Bonchev–Trinajstić information content (AvgIpc) is 2.68. The van der Waals surface area contributed by atoms with E-state index in [1.165, 1.54) is 11.3 Å². The largest absolute Gasteiger partial charge is 0.340 e. The Bertz CT molecular complexity index is 833. The summed E-state index contributed by atoms with van der Waals surface area (Å²) < 4.78 is 1.11. The van der Waals surface area contributed by atoms with Crippen LogP contribution in [0, 0.1) is 0 Å². The van der Waals surface area contributed by atoms with Gasteiger partial charge in [-0.05, 0) is 55.8 Å². The number of piperazine rings is 1. The molecule has 0 aromatic heterocycles. The molecule has 1 fully saturated rings. The maximum absolute atomic E-state index is 12.8. The van der Waals surface area contributed by atoms with Crippen LogP contribution in [0.2, 0.25) is 0 Å². The summed E-state index contributed by atoms with van der Waals surface area (Å²) in [6.07, 6.45) is 2.19. The van der Waals surface area contributed by atoms with Gasteiger partial charge < -0.3 is 20.0 Å². The number of halogens is 1. The zero-order chi connectivity index (χ0) is 18.8. The van der Waals surface area contributed by atoms with E-state index in [-0.39, 0.29) is 6.03 Å². The van der Waals surface area contributed by atoms with Crippen LogP contribution >= 0.6 is 15.9 Å². The second-order valence-electron chi connectivity index (χ2n) is 7.27. The number of aryl methyl sites for hydroxylation is 1. The van der Waals surface area contributed by atoms with E-state index in [1.54, 1.807) is 0 Å². The zero-order valence-corrected chi connectivity index (χ0v) is 17.2. The van der Waals surface area contributed by atoms with Crippen molar-refractivity contribution in [1.82, 2.24) is 9.80 Å². The third-order valence-electron chi connectivity index (χ3n) is 5.39. The first kappa shape index (κ1) is 18.3. The van der Waals surface area contributed by atoms with Crippen molar-refractivity contribution >= 4 is 39.0 Å². The van der Waals surface area contributed by atoms with Gasteiger partial charge in [0.1, 0.15) is 0 Å². The van der Waals surface area contributed by atoms with Crippen molar-refractivity contribution in [2.24, 2.45) is 0 Å². The Morgan fingerprint density at radius 2 is 1.78 bits per heavy atom. The molecule has 142 valence electrons. The fourth-order valence-corrected chi connectivity index (χ4v) is 4.24. The van der Waals surface area contributed by atoms with Crippen molar-refractivity contribution in [3.05, 3.63) is 52.5 Å². The van der Waals surface area contributed by atoms with Gasteiger partial charge in [-0.25, -0.2) is 4.79 Å². The van der Waals surface area contributed by atoms with Gasteiger partial charge in [0.2, 0.25) is 0 Å². The number of hydrogen-bond donors (Lipinski definition) is 1. The number of likely N-dealkylation sites (N-methyl/N-ethyl adjacent to an activating group) is 1. The topological polar surface area (TPSA) is 38.8 Å². The van der Waals surface area contributed by atoms with Gasteiger partial charge in [-0.3, -0.25) is 0 Å². The molecule has 0 saturated carbocycles. The molecule has 27 heavy (non-hydrogen) atoms. The fourth-order valence-electron chi connectivity index (χ4n) is 3.83. The minimum atomic E-state index is -0.0106. The summed E-state index contributed by atoms with van der Waals surface area (Å²) in [6, 6.07) is 14.5. The lowest BCUT2D eigenvalue weighted by atomic mass is 10.0. The number of anilines is 3. The van der Waals surface area contributed by atoms with Gasteiger partial charge in [0.25, 0.3) is 0 Å². The molecule has 1 N–H and O–H groups in total. The first-order valence-corrected chi connectivity index (χ1v) is 10.3. The maximum Gasteiger partial charge on any atom is 0.321 e. The number of benzene rings is 2. The van der Waals surface area contributed by atoms with E-state index in [9.17, 15) is 4.79 Å². The van der Waals surface area contributed by atoms with E-state index in [1.807, 2.05) is 23.1 Å². The normalized spacial score (nSPS) is 17.6. The molecule has 1 saturated heterocycles. The predicted octanol–water partition coefficient (Wildman–Crippen LogP) is 4.31. The number of nitrogens with one attached hydrogen (secondary N) is 1. The number of rotatable bonds is 2. The van der Waals surface area contributed by atoms with Gasteiger partial charge in [-0.1, -0.05) is 28.1 Å². The molecule has 2 aliphatic rings. The van der Waals surface area contributed by atoms with Crippen LogP contribution in [0.15, 0.2) is 46.9 Å². The van der Waals surface area contributed by atoms with Crippen LogP contribution in [0.25, 0.3) is 0 Å². The molecule has 2 heterocycles. The molecule has 0 aliphatic carbocycles. The zero-order valence-electron chi connectivity index (χ0n) is 15.6. The van der Waals surface area contributed by atoms with Crippen molar-refractivity contribution in [1.29, 1.82) is 0 Å². The number of carbonyl (C=O) groups is 1. The standard InChI is InChI=1S/C21H25BrN4O/c1-24-11-13-25(14-12-24)21(27)23-18-6-2-3-7-20(18)26-10-4-5-16-15-17(22)8-9-19(16)26/h2-3,6-9,15H,4-5,10-14H2,1H3,(H,23,27). The molecular weight excluding hydrogens is 404 g/mol. The van der Waals surface area contributed by atoms with E-state index in [0.29, 0.717) is 0 Å². The predicted molar refractivity (Wildman–Crippen MR) is 114 cm³/mol. The van der Waals surface area contributed by atoms with Crippen LogP contribution in [0.4, 0.5) is 21.9 Å². The van der Waals surface area contributed by atoms with Crippen LogP contribution in [-0.2, 0) is 6.42 Å². The van der Waals surface area contributed by atoms with Crippen molar-refractivity contribution < 1.29 is 4.79 Å². The first-order chi connectivity index (χ1) is 13.1. The van der Waals surface area contributed by atoms with Crippen LogP contribution in [0.5, 0.6) is 0 Å². The highest BCUT2D eigenvalue weighted by atomic mass is 79.9. The van der Waals surface area contributed by atoms with E-state index in [2.05, 4.69) is 62.4 Å². The van der Waals surface area contributed by atoms with E-state index >= 15 is 0 Å². The lowest BCUT2D eigenvalue weighted by Crippen LogP contribution is -2.48. The van der Waals surface area contributed by atoms with Crippen molar-refractivity contribution in [3.8, 4) is 0 Å². The number of urea groups is 1. The Kier molecular flexibility index (Phi) is 5.36. The molecule has 2 aliphatic heterocycles. The van der Waals surface area contributed by atoms with Gasteiger partial charge in [-0.2, -0.15) is 0 Å². The van der Waals surface area contributed by atoms with E-state index in [0.717, 1.165) is 61.4 Å². The Morgan fingerprint density at radius 3 is 2.59 bits per heavy atom. The van der Waals surface area contributed by atoms with Gasteiger partial charge in [0.15, 0.2) is 0 Å². The fraction of sp³-hybridized carbons (Fsp3) is 0.381. The Labute approximate surface area is 169 Å². The van der Waals surface area contributed by atoms with Crippen molar-refractivity contribution in [3.63, 3.8) is 0 Å². The van der Waals surface area contributed by atoms with Crippen molar-refractivity contribution in [2.75, 3.05) is 50.0 Å². The Hall–Kier alpha value is -2.05. The highest BCUT2D eigenvalue weighted by Crippen LogP contribution is 2.38. The third kappa shape index (κ3) is 3.96. The number of fused-ring (bicyclic) bond motifs is 1. The molecule has 4 rings (SSSR count). The monoisotopic (exact) mass is 428 g/mol. The van der Waals surface area contributed by atoms with E-state index < -0.39 is 0 Å². The summed E-state index contributed by atoms with van der Waals surface area (Å²) in [6.45, 7) is 4.33. The SMILES string of the molecule is CN1CCN(C(=O)Nc2ccccc2N2CCCc3cc(Br)ccc32)CC1. The first-order valence-electron chi connectivity index (χ1n) is 9.51. The number of para-hydroxylation sites is 2. The molecule has 0 radical (unpaired) electrons. The molecule has 2 aromatic carbocycles. The Morgan fingerprint density at radius 1 is 1.00 bits per heavy atom. The lowest BCUT2D eigenvalue weighted by molar-refractivity contribution is 0.164. The molecule has 6 heteroatoms. The molecule has 2 amide bonds. The molecule has 0 bridgehead atoms. The maximum atomic E-state index is 12.8. The number of amides is 2. The Balaban J connectivity index is 1.58. The molecule has 0 unspecified atom stereocenters. The molecule has 2 aromatic rings. The molecule has 5 nitrogen and oxygen atoms in total. The van der Waals surface area contributed by atoms with Crippen LogP contribution in [-0.4, -0.2) is 55.6 Å². The number of carbonyl (C=O) groups excluding carboxylic acids is 1. The number of hydrogen-bond acceptors (Lipinski definition) is 3. The summed E-state index contributed by atoms with van der Waals surface area (Å²) in [5.74, 6) is 0. The minimum absolute atomic E-state index is 0.0106. The second-order valence-corrected chi connectivity index (χ2v) is 8.18. The van der Waals surface area contributed by atoms with Crippen LogP contribution in [0.3, 0.4) is 0 Å².